The summed E-state index contributed by atoms with van der Waals surface area (Å²) in [5, 5.41) is 2.38. The van der Waals surface area contributed by atoms with Gasteiger partial charge in [0.15, 0.2) is 17.0 Å². The Morgan fingerprint density at radius 2 is 2.26 bits per heavy atom. The Morgan fingerprint density at radius 1 is 1.37 bits per heavy atom. The van der Waals surface area contributed by atoms with Gasteiger partial charge in [0.2, 0.25) is 0 Å². The van der Waals surface area contributed by atoms with Gasteiger partial charge in [0, 0.05) is 5.69 Å². The summed E-state index contributed by atoms with van der Waals surface area (Å²) in [6, 6.07) is 7.41. The van der Waals surface area contributed by atoms with Crippen LogP contribution in [-0.2, 0) is 0 Å². The van der Waals surface area contributed by atoms with Crippen molar-refractivity contribution in [2.24, 2.45) is 0 Å². The van der Waals surface area contributed by atoms with E-state index in [-0.39, 0.29) is 5.78 Å². The van der Waals surface area contributed by atoms with Gasteiger partial charge in [0.05, 0.1) is 10.6 Å². The molecule has 0 unspecified atom stereocenters. The van der Waals surface area contributed by atoms with E-state index in [0.717, 1.165) is 10.6 Å². The van der Waals surface area contributed by atoms with Crippen LogP contribution in [0, 0.1) is 6.92 Å². The van der Waals surface area contributed by atoms with E-state index < -0.39 is 0 Å². The lowest BCUT2D eigenvalue weighted by atomic mass is 10.4. The predicted molar refractivity (Wildman–Crippen MR) is 75.9 cm³/mol. The molecule has 0 aliphatic heterocycles. The highest BCUT2D eigenvalue weighted by Crippen LogP contribution is 2.23. The summed E-state index contributed by atoms with van der Waals surface area (Å²) in [5.41, 5.74) is 2.13. The molecule has 0 N–H and O–H groups in total. The molecule has 0 aromatic carbocycles. The minimum Gasteiger partial charge on any atom is -0.430 e. The van der Waals surface area contributed by atoms with Crippen LogP contribution in [0.1, 0.15) is 15.4 Å². The lowest BCUT2D eigenvalue weighted by Crippen LogP contribution is -1.98. The fraction of sp³-hybridized carbons (Fsp3) is 0.154. The van der Waals surface area contributed by atoms with Crippen molar-refractivity contribution in [2.75, 3.05) is 5.75 Å². The number of Topliss-reactive ketones (excluding diaryl/α,β-unsaturated/α-hetero) is 1. The van der Waals surface area contributed by atoms with Crippen LogP contribution in [0.2, 0.25) is 0 Å². The van der Waals surface area contributed by atoms with Crippen LogP contribution in [0.3, 0.4) is 0 Å². The van der Waals surface area contributed by atoms with E-state index >= 15 is 0 Å². The van der Waals surface area contributed by atoms with Crippen LogP contribution in [0.4, 0.5) is 0 Å². The third kappa shape index (κ3) is 2.69. The molecule has 0 radical (unpaired) electrons. The van der Waals surface area contributed by atoms with E-state index in [2.05, 4.69) is 9.97 Å². The average molecular weight is 290 g/mol. The molecule has 19 heavy (non-hydrogen) atoms. The first-order valence-corrected chi connectivity index (χ1v) is 7.52. The zero-order valence-corrected chi connectivity index (χ0v) is 11.8. The predicted octanol–water partition coefficient (Wildman–Crippen LogP) is 3.57. The number of ketones is 1. The molecular formula is C13H10N2O2S2. The molecule has 6 heteroatoms. The normalized spacial score (nSPS) is 11.0. The summed E-state index contributed by atoms with van der Waals surface area (Å²) in [7, 11) is 0. The maximum absolute atomic E-state index is 11.9. The second-order valence-electron chi connectivity index (χ2n) is 3.94. The Bertz CT molecular complexity index is 719. The number of aryl methyl sites for hydroxylation is 1. The molecule has 0 saturated heterocycles. The molecule has 4 nitrogen and oxygen atoms in total. The van der Waals surface area contributed by atoms with Gasteiger partial charge in [0.1, 0.15) is 0 Å². The number of thiophene rings is 1. The number of nitrogens with zero attached hydrogens (tertiary/aromatic N) is 2. The topological polar surface area (TPSA) is 56.0 Å². The van der Waals surface area contributed by atoms with Gasteiger partial charge < -0.3 is 4.42 Å². The van der Waals surface area contributed by atoms with Crippen molar-refractivity contribution in [1.82, 2.24) is 9.97 Å². The standard InChI is InChI=1S/C13H10N2O2S2/c1-8-4-5-10-12(14-8)15-13(17-10)19-7-9(16)11-3-2-6-18-11/h2-6H,7H2,1H3. The average Bonchev–Trinajstić information content (AvgIpc) is 3.04. The van der Waals surface area contributed by atoms with Crippen molar-refractivity contribution >= 4 is 40.1 Å². The number of fused-ring (bicyclic) bond motifs is 1. The number of pyridine rings is 1. The molecule has 0 aliphatic rings. The smallest absolute Gasteiger partial charge is 0.258 e. The van der Waals surface area contributed by atoms with Gasteiger partial charge in [-0.05, 0) is 30.5 Å². The van der Waals surface area contributed by atoms with Crippen LogP contribution in [0.15, 0.2) is 39.3 Å². The highest BCUT2D eigenvalue weighted by molar-refractivity contribution is 7.99. The highest BCUT2D eigenvalue weighted by atomic mass is 32.2. The van der Waals surface area contributed by atoms with Gasteiger partial charge in [-0.15, -0.1) is 11.3 Å². The molecule has 0 aliphatic carbocycles. The molecule has 0 atom stereocenters. The Hall–Kier alpha value is -1.66. The van der Waals surface area contributed by atoms with Gasteiger partial charge >= 0.3 is 0 Å². The molecule has 3 heterocycles. The second kappa shape index (κ2) is 5.14. The van der Waals surface area contributed by atoms with Crippen molar-refractivity contribution in [1.29, 1.82) is 0 Å². The van der Waals surface area contributed by atoms with Crippen LogP contribution < -0.4 is 0 Å². The summed E-state index contributed by atoms with van der Waals surface area (Å²) < 4.78 is 5.53. The molecule has 0 amide bonds. The minimum absolute atomic E-state index is 0.0893. The first-order valence-electron chi connectivity index (χ1n) is 5.66. The van der Waals surface area contributed by atoms with Crippen LogP contribution >= 0.6 is 23.1 Å². The molecule has 0 spiro atoms. The number of hydrogen-bond acceptors (Lipinski definition) is 6. The van der Waals surface area contributed by atoms with Gasteiger partial charge in [-0.1, -0.05) is 17.8 Å². The largest absolute Gasteiger partial charge is 0.430 e. The maximum atomic E-state index is 11.9. The summed E-state index contributed by atoms with van der Waals surface area (Å²) >= 11 is 2.74. The molecule has 3 rings (SSSR count). The lowest BCUT2D eigenvalue weighted by molar-refractivity contribution is 0.102. The van der Waals surface area contributed by atoms with E-state index in [0.29, 0.717) is 22.2 Å². The third-order valence-electron chi connectivity index (χ3n) is 2.50. The number of rotatable bonds is 4. The number of thioether (sulfide) groups is 1. The molecule has 3 aromatic rings. The Balaban J connectivity index is 1.73. The monoisotopic (exact) mass is 290 g/mol. The fourth-order valence-electron chi connectivity index (χ4n) is 1.59. The number of carbonyl (C=O) groups is 1. The summed E-state index contributed by atoms with van der Waals surface area (Å²) in [6.45, 7) is 1.90. The van der Waals surface area contributed by atoms with Crippen LogP contribution in [-0.4, -0.2) is 21.5 Å². The SMILES string of the molecule is Cc1ccc2oc(SCC(=O)c3cccs3)nc2n1. The van der Waals surface area contributed by atoms with E-state index in [4.69, 9.17) is 4.42 Å². The van der Waals surface area contributed by atoms with Crippen molar-refractivity contribution < 1.29 is 9.21 Å². The number of aromatic nitrogens is 2. The van der Waals surface area contributed by atoms with E-state index in [1.165, 1.54) is 23.1 Å². The fourth-order valence-corrected chi connectivity index (χ4v) is 3.06. The first-order chi connectivity index (χ1) is 9.22. The van der Waals surface area contributed by atoms with Crippen LogP contribution in [0.5, 0.6) is 0 Å². The molecule has 3 aromatic heterocycles. The number of hydrogen-bond donors (Lipinski definition) is 0. The Kier molecular flexibility index (Phi) is 3.35. The van der Waals surface area contributed by atoms with Crippen molar-refractivity contribution in [3.63, 3.8) is 0 Å². The van der Waals surface area contributed by atoms with Gasteiger partial charge in [0.25, 0.3) is 5.22 Å². The zero-order valence-electron chi connectivity index (χ0n) is 10.1. The summed E-state index contributed by atoms with van der Waals surface area (Å²) in [6.07, 6.45) is 0. The number of oxazole rings is 1. The molecule has 0 fully saturated rings. The van der Waals surface area contributed by atoms with E-state index in [1.807, 2.05) is 36.6 Å². The Morgan fingerprint density at radius 3 is 3.05 bits per heavy atom. The van der Waals surface area contributed by atoms with Gasteiger partial charge in [-0.3, -0.25) is 4.79 Å². The first kappa shape index (κ1) is 12.4. The molecule has 0 bridgehead atoms. The second-order valence-corrected chi connectivity index (χ2v) is 5.82. The van der Waals surface area contributed by atoms with Crippen molar-refractivity contribution in [3.8, 4) is 0 Å². The summed E-state index contributed by atoms with van der Waals surface area (Å²) in [5.74, 6) is 0.415. The quantitative estimate of drug-likeness (QED) is 0.543. The van der Waals surface area contributed by atoms with Crippen LogP contribution in [0.25, 0.3) is 11.2 Å². The van der Waals surface area contributed by atoms with Crippen molar-refractivity contribution in [3.05, 3.63) is 40.2 Å². The molecule has 96 valence electrons. The zero-order chi connectivity index (χ0) is 13.2. The lowest BCUT2D eigenvalue weighted by Gasteiger charge is -1.93. The van der Waals surface area contributed by atoms with Gasteiger partial charge in [-0.25, -0.2) is 4.98 Å². The Labute approximate surface area is 117 Å². The number of carbonyl (C=O) groups excluding carboxylic acids is 1. The summed E-state index contributed by atoms with van der Waals surface area (Å²) in [4.78, 5) is 21.2. The maximum Gasteiger partial charge on any atom is 0.258 e. The molecule has 0 saturated carbocycles. The van der Waals surface area contributed by atoms with Gasteiger partial charge in [-0.2, -0.15) is 4.98 Å². The molecular weight excluding hydrogens is 280 g/mol. The minimum atomic E-state index is 0.0893. The van der Waals surface area contributed by atoms with E-state index in [1.54, 1.807) is 0 Å². The highest BCUT2D eigenvalue weighted by Gasteiger charge is 2.12. The van der Waals surface area contributed by atoms with E-state index in [9.17, 15) is 4.79 Å². The van der Waals surface area contributed by atoms with Crippen molar-refractivity contribution in [2.45, 2.75) is 12.1 Å². The third-order valence-corrected chi connectivity index (χ3v) is 4.23.